The fraction of sp³-hybridized carbons (Fsp3) is 0.933. The van der Waals surface area contributed by atoms with E-state index in [4.69, 9.17) is 33.2 Å². The summed E-state index contributed by atoms with van der Waals surface area (Å²) in [6.45, 7) is 21.3. The number of unbranched alkanes of at least 4 members (excludes halogenated alkanes) is 28. The molecule has 0 aliphatic rings. The Morgan fingerprint density at radius 1 is 0.269 bits per heavy atom. The molecule has 0 aromatic rings. The third-order valence-electron chi connectivity index (χ3n) is 13.0. The lowest BCUT2D eigenvalue weighted by Crippen LogP contribution is -2.25. The highest BCUT2D eigenvalue weighted by molar-refractivity contribution is 5.09. The van der Waals surface area contributed by atoms with Gasteiger partial charge in [0.25, 0.3) is 0 Å². The second-order valence-corrected chi connectivity index (χ2v) is 19.7. The van der Waals surface area contributed by atoms with Gasteiger partial charge in [0.05, 0.1) is 26.4 Å². The maximum Gasteiger partial charge on any atom is 0.162 e. The Hall–Kier alpha value is -1.44. The predicted octanol–water partition coefficient (Wildman–Crippen LogP) is 19.9. The molecular weight excluding hydrogens is 833 g/mol. The minimum atomic E-state index is -0.224. The van der Waals surface area contributed by atoms with Crippen LogP contribution in [0.4, 0.5) is 0 Å². The van der Waals surface area contributed by atoms with Crippen LogP contribution in [0.25, 0.3) is 0 Å². The van der Waals surface area contributed by atoms with Crippen LogP contribution in [0.1, 0.15) is 312 Å². The van der Waals surface area contributed by atoms with Crippen LogP contribution in [0.3, 0.4) is 0 Å². The van der Waals surface area contributed by atoms with E-state index < -0.39 is 0 Å². The van der Waals surface area contributed by atoms with Crippen molar-refractivity contribution in [1.29, 1.82) is 0 Å². The molecule has 0 radical (unpaired) electrons. The van der Waals surface area contributed by atoms with Crippen LogP contribution < -0.4 is 0 Å². The Morgan fingerprint density at radius 3 is 0.806 bits per heavy atom. The van der Waals surface area contributed by atoms with Crippen LogP contribution in [0.15, 0.2) is 23.0 Å². The molecule has 67 heavy (non-hydrogen) atoms. The zero-order valence-corrected chi connectivity index (χ0v) is 46.5. The average Bonchev–Trinajstić information content (AvgIpc) is 3.33. The summed E-state index contributed by atoms with van der Waals surface area (Å²) in [5.74, 6) is 3.80. The van der Waals surface area contributed by atoms with Crippen molar-refractivity contribution in [2.45, 2.75) is 324 Å². The van der Waals surface area contributed by atoms with Gasteiger partial charge in [-0.2, -0.15) is 0 Å². The van der Waals surface area contributed by atoms with Crippen LogP contribution in [-0.4, -0.2) is 52.2 Å². The highest BCUT2D eigenvalue weighted by atomic mass is 16.7. The van der Waals surface area contributed by atoms with E-state index in [1.165, 1.54) is 180 Å². The maximum absolute atomic E-state index is 6.78. The van der Waals surface area contributed by atoms with E-state index >= 15 is 0 Å². The van der Waals surface area contributed by atoms with Gasteiger partial charge in [0.1, 0.15) is 23.7 Å². The Bertz CT molecular complexity index is 963. The van der Waals surface area contributed by atoms with E-state index in [9.17, 15) is 0 Å². The molecule has 400 valence electrons. The van der Waals surface area contributed by atoms with Crippen LogP contribution in [0, 0.1) is 0 Å². The summed E-state index contributed by atoms with van der Waals surface area (Å²) in [7, 11) is 0. The SMILES string of the molecule is CCCCCCCCCOC(CCCCC)=C(OCCCCCCCCC)C(CCC)OCOCOC(CCC)C(OCCCCCCCCC)=C(CCCCC)OCCCCCCCCC. The minimum Gasteiger partial charge on any atom is -0.494 e. The second-order valence-electron chi connectivity index (χ2n) is 19.7. The summed E-state index contributed by atoms with van der Waals surface area (Å²) in [5.41, 5.74) is 0. The van der Waals surface area contributed by atoms with Gasteiger partial charge in [0.2, 0.25) is 0 Å². The molecule has 7 nitrogen and oxygen atoms in total. The van der Waals surface area contributed by atoms with Gasteiger partial charge in [-0.1, -0.05) is 248 Å². The molecule has 0 aromatic heterocycles. The molecule has 0 aliphatic heterocycles. The van der Waals surface area contributed by atoms with E-state index in [0.717, 1.165) is 113 Å². The summed E-state index contributed by atoms with van der Waals surface area (Å²) in [6, 6.07) is 0. The molecule has 0 spiro atoms. The van der Waals surface area contributed by atoms with Crippen LogP contribution >= 0.6 is 0 Å². The van der Waals surface area contributed by atoms with Gasteiger partial charge >= 0.3 is 0 Å². The Balaban J connectivity index is 6.17. The standard InChI is InChI=1S/C60H118O7/c1-9-17-23-27-31-35-41-49-62-57(47-39-21-13-5)59(64-51-43-37-33-29-25-19-11-3)55(45-15-7)66-53-61-54-67-56(46-16-8)60(65-52-44-38-34-30-26-20-12-4)58(48-40-22-14-6)63-50-42-36-32-28-24-18-10-2/h55-56H,9-54H2,1-8H3. The van der Waals surface area contributed by atoms with Crippen LogP contribution in [0.2, 0.25) is 0 Å². The molecule has 0 aliphatic carbocycles. The van der Waals surface area contributed by atoms with E-state index in [1.54, 1.807) is 0 Å². The van der Waals surface area contributed by atoms with Gasteiger partial charge in [-0.05, 0) is 51.4 Å². The Kier molecular flexibility index (Phi) is 52.7. The van der Waals surface area contributed by atoms with Crippen molar-refractivity contribution in [3.8, 4) is 0 Å². The van der Waals surface area contributed by atoms with Gasteiger partial charge in [-0.3, -0.25) is 0 Å². The molecule has 0 amide bonds. The van der Waals surface area contributed by atoms with Crippen LogP contribution in [0.5, 0.6) is 0 Å². The maximum atomic E-state index is 6.78. The van der Waals surface area contributed by atoms with E-state index in [0.29, 0.717) is 13.2 Å². The lowest BCUT2D eigenvalue weighted by molar-refractivity contribution is -0.167. The van der Waals surface area contributed by atoms with E-state index in [-0.39, 0.29) is 25.8 Å². The number of rotatable bonds is 56. The highest BCUT2D eigenvalue weighted by Gasteiger charge is 2.25. The summed E-state index contributed by atoms with van der Waals surface area (Å²) >= 11 is 0. The summed E-state index contributed by atoms with van der Waals surface area (Å²) < 4.78 is 46.5. The largest absolute Gasteiger partial charge is 0.494 e. The van der Waals surface area contributed by atoms with Gasteiger partial charge in [-0.15, -0.1) is 0 Å². The smallest absolute Gasteiger partial charge is 0.162 e. The summed E-state index contributed by atoms with van der Waals surface area (Å²) in [5, 5.41) is 0. The number of allylic oxidation sites excluding steroid dienone is 2. The first-order valence-electron chi connectivity index (χ1n) is 29.9. The Labute approximate surface area is 419 Å². The van der Waals surface area contributed by atoms with Crippen LogP contribution in [-0.2, 0) is 33.2 Å². The molecule has 0 rings (SSSR count). The summed E-state index contributed by atoms with van der Waals surface area (Å²) in [6.07, 6.45) is 47.2. The van der Waals surface area contributed by atoms with Crippen molar-refractivity contribution in [2.24, 2.45) is 0 Å². The predicted molar refractivity (Wildman–Crippen MR) is 288 cm³/mol. The second kappa shape index (κ2) is 53.9. The minimum absolute atomic E-state index is 0.129. The molecule has 7 heteroatoms. The third-order valence-corrected chi connectivity index (χ3v) is 13.0. The van der Waals surface area contributed by atoms with Crippen molar-refractivity contribution >= 4 is 0 Å². The van der Waals surface area contributed by atoms with E-state index in [2.05, 4.69) is 55.4 Å². The monoisotopic (exact) mass is 951 g/mol. The molecule has 0 heterocycles. The quantitative estimate of drug-likeness (QED) is 0.0342. The average molecular weight is 952 g/mol. The lowest BCUT2D eigenvalue weighted by Gasteiger charge is -2.26. The summed E-state index contributed by atoms with van der Waals surface area (Å²) in [4.78, 5) is 0. The topological polar surface area (TPSA) is 64.6 Å². The van der Waals surface area contributed by atoms with Crippen molar-refractivity contribution in [2.75, 3.05) is 40.0 Å². The zero-order valence-electron chi connectivity index (χ0n) is 46.5. The van der Waals surface area contributed by atoms with Crippen molar-refractivity contribution < 1.29 is 33.2 Å². The normalized spacial score (nSPS) is 13.4. The first-order chi connectivity index (χ1) is 33.1. The highest BCUT2D eigenvalue weighted by Crippen LogP contribution is 2.27. The van der Waals surface area contributed by atoms with Crippen molar-refractivity contribution in [3.63, 3.8) is 0 Å². The lowest BCUT2D eigenvalue weighted by atomic mass is 10.1. The molecule has 0 saturated heterocycles. The van der Waals surface area contributed by atoms with Gasteiger partial charge in [0.15, 0.2) is 25.1 Å². The zero-order chi connectivity index (χ0) is 48.9. The fourth-order valence-corrected chi connectivity index (χ4v) is 8.70. The molecule has 0 bridgehead atoms. The molecular formula is C60H118O7. The van der Waals surface area contributed by atoms with Gasteiger partial charge in [-0.25, -0.2) is 0 Å². The first kappa shape index (κ1) is 65.6. The molecule has 2 atom stereocenters. The Morgan fingerprint density at radius 2 is 0.522 bits per heavy atom. The number of hydrogen-bond acceptors (Lipinski definition) is 7. The number of hydrogen-bond donors (Lipinski definition) is 0. The van der Waals surface area contributed by atoms with E-state index in [1.807, 2.05) is 0 Å². The van der Waals surface area contributed by atoms with Crippen molar-refractivity contribution in [3.05, 3.63) is 23.0 Å². The van der Waals surface area contributed by atoms with Gasteiger partial charge < -0.3 is 33.2 Å². The molecule has 2 unspecified atom stereocenters. The van der Waals surface area contributed by atoms with Gasteiger partial charge in [0, 0.05) is 12.8 Å². The first-order valence-corrected chi connectivity index (χ1v) is 29.9. The number of ether oxygens (including phenoxy) is 7. The fourth-order valence-electron chi connectivity index (χ4n) is 8.70. The van der Waals surface area contributed by atoms with Crippen molar-refractivity contribution in [1.82, 2.24) is 0 Å². The molecule has 0 saturated carbocycles. The molecule has 0 N–H and O–H groups in total. The molecule has 0 aromatic carbocycles. The molecule has 0 fully saturated rings. The third kappa shape index (κ3) is 40.9.